The van der Waals surface area contributed by atoms with Gasteiger partial charge >= 0.3 is 5.97 Å². The fourth-order valence-electron chi connectivity index (χ4n) is 5.09. The normalized spacial score (nSPS) is 15.3. The second-order valence-electron chi connectivity index (χ2n) is 9.55. The summed E-state index contributed by atoms with van der Waals surface area (Å²) in [6.45, 7) is 6.69. The SMILES string of the molecule is CCOc1cc(C(=O)O[C@@H]2Cc3c(OC)cc(OC)cc3O[C@@H]2c2cc(OC)c(OC)c(OC)c2)cc(OCC)c1OCC. The molecular weight excluding hydrogens is 572 g/mol. The molecule has 238 valence electrons. The number of fused-ring (bicyclic) bond motifs is 1. The summed E-state index contributed by atoms with van der Waals surface area (Å²) in [6.07, 6.45) is -1.28. The minimum absolute atomic E-state index is 0.233. The molecule has 0 amide bonds. The quantitative estimate of drug-likeness (QED) is 0.205. The van der Waals surface area contributed by atoms with E-state index in [4.69, 9.17) is 47.4 Å². The molecule has 0 radical (unpaired) electrons. The highest BCUT2D eigenvalue weighted by molar-refractivity contribution is 5.91. The molecule has 3 aromatic carbocycles. The van der Waals surface area contributed by atoms with Crippen LogP contribution in [0.3, 0.4) is 0 Å². The molecule has 3 aromatic rings. The molecule has 0 aromatic heterocycles. The van der Waals surface area contributed by atoms with Crippen molar-refractivity contribution in [2.75, 3.05) is 55.4 Å². The van der Waals surface area contributed by atoms with Gasteiger partial charge in [0.05, 0.1) is 60.9 Å². The molecule has 0 aliphatic carbocycles. The van der Waals surface area contributed by atoms with Crippen LogP contribution in [0.15, 0.2) is 36.4 Å². The summed E-state index contributed by atoms with van der Waals surface area (Å²) in [5.74, 6) is 3.51. The Hall–Kier alpha value is -4.67. The van der Waals surface area contributed by atoms with Crippen LogP contribution in [0.1, 0.15) is 48.4 Å². The van der Waals surface area contributed by atoms with Gasteiger partial charge in [-0.05, 0) is 45.0 Å². The first-order valence-electron chi connectivity index (χ1n) is 14.3. The first-order valence-corrected chi connectivity index (χ1v) is 14.3. The van der Waals surface area contributed by atoms with Crippen molar-refractivity contribution in [1.82, 2.24) is 0 Å². The zero-order valence-electron chi connectivity index (χ0n) is 26.4. The number of esters is 1. The minimum atomic E-state index is -0.794. The topological polar surface area (TPSA) is 109 Å². The van der Waals surface area contributed by atoms with E-state index in [-0.39, 0.29) is 12.0 Å². The van der Waals surface area contributed by atoms with Gasteiger partial charge < -0.3 is 47.4 Å². The van der Waals surface area contributed by atoms with E-state index >= 15 is 0 Å². The van der Waals surface area contributed by atoms with E-state index in [1.807, 2.05) is 20.8 Å². The lowest BCUT2D eigenvalue weighted by molar-refractivity contribution is -0.0189. The number of hydrogen-bond acceptors (Lipinski definition) is 11. The van der Waals surface area contributed by atoms with Gasteiger partial charge in [0.1, 0.15) is 23.4 Å². The highest BCUT2D eigenvalue weighted by atomic mass is 16.6. The zero-order chi connectivity index (χ0) is 31.8. The minimum Gasteiger partial charge on any atom is -0.496 e. The number of rotatable bonds is 14. The molecule has 2 atom stereocenters. The second-order valence-corrected chi connectivity index (χ2v) is 9.55. The van der Waals surface area contributed by atoms with Gasteiger partial charge in [0, 0.05) is 29.7 Å². The van der Waals surface area contributed by atoms with Crippen LogP contribution in [0.2, 0.25) is 0 Å². The summed E-state index contributed by atoms with van der Waals surface area (Å²) in [7, 11) is 7.72. The number of ether oxygens (including phenoxy) is 10. The zero-order valence-corrected chi connectivity index (χ0v) is 26.4. The van der Waals surface area contributed by atoms with Gasteiger partial charge in [0.25, 0.3) is 0 Å². The van der Waals surface area contributed by atoms with Crippen molar-refractivity contribution in [3.05, 3.63) is 53.1 Å². The average molecular weight is 613 g/mol. The van der Waals surface area contributed by atoms with Gasteiger partial charge in [-0.15, -0.1) is 0 Å². The number of benzene rings is 3. The predicted molar refractivity (Wildman–Crippen MR) is 162 cm³/mol. The molecule has 0 N–H and O–H groups in total. The van der Waals surface area contributed by atoms with Gasteiger partial charge in [-0.3, -0.25) is 0 Å². The van der Waals surface area contributed by atoms with Gasteiger partial charge in [-0.1, -0.05) is 0 Å². The summed E-state index contributed by atoms with van der Waals surface area (Å²) < 4.78 is 58.0. The monoisotopic (exact) mass is 612 g/mol. The highest BCUT2D eigenvalue weighted by Crippen LogP contribution is 2.47. The highest BCUT2D eigenvalue weighted by Gasteiger charge is 2.38. The Morgan fingerprint density at radius 3 is 1.77 bits per heavy atom. The first-order chi connectivity index (χ1) is 21.3. The molecule has 4 rings (SSSR count). The lowest BCUT2D eigenvalue weighted by atomic mass is 9.93. The van der Waals surface area contributed by atoms with Crippen LogP contribution in [0, 0.1) is 0 Å². The summed E-state index contributed by atoms with van der Waals surface area (Å²) >= 11 is 0. The van der Waals surface area contributed by atoms with E-state index in [9.17, 15) is 4.79 Å². The lowest BCUT2D eigenvalue weighted by Crippen LogP contribution is -2.35. The van der Waals surface area contributed by atoms with E-state index in [0.29, 0.717) is 77.1 Å². The molecule has 1 aliphatic rings. The fourth-order valence-corrected chi connectivity index (χ4v) is 5.09. The molecule has 11 heteroatoms. The van der Waals surface area contributed by atoms with Crippen molar-refractivity contribution in [3.63, 3.8) is 0 Å². The smallest absolute Gasteiger partial charge is 0.338 e. The Kier molecular flexibility index (Phi) is 10.8. The van der Waals surface area contributed by atoms with Crippen LogP contribution in [0.5, 0.6) is 51.7 Å². The molecule has 1 heterocycles. The number of carbonyl (C=O) groups is 1. The van der Waals surface area contributed by atoms with E-state index in [1.165, 1.54) is 21.3 Å². The van der Waals surface area contributed by atoms with Gasteiger partial charge in [0.2, 0.25) is 11.5 Å². The molecule has 0 bridgehead atoms. The summed E-state index contributed by atoms with van der Waals surface area (Å²) in [4.78, 5) is 13.8. The summed E-state index contributed by atoms with van der Waals surface area (Å²) in [5, 5.41) is 0. The molecule has 0 unspecified atom stereocenters. The van der Waals surface area contributed by atoms with Crippen molar-refractivity contribution in [3.8, 4) is 51.7 Å². The van der Waals surface area contributed by atoms with Crippen molar-refractivity contribution in [1.29, 1.82) is 0 Å². The fraction of sp³-hybridized carbons (Fsp3) is 0.424. The van der Waals surface area contributed by atoms with Crippen molar-refractivity contribution >= 4 is 5.97 Å². The van der Waals surface area contributed by atoms with Crippen LogP contribution in [-0.4, -0.2) is 67.4 Å². The Morgan fingerprint density at radius 1 is 0.682 bits per heavy atom. The average Bonchev–Trinajstić information content (AvgIpc) is 3.04. The van der Waals surface area contributed by atoms with E-state index in [2.05, 4.69) is 0 Å². The van der Waals surface area contributed by atoms with Crippen LogP contribution in [0.25, 0.3) is 0 Å². The van der Waals surface area contributed by atoms with Crippen LogP contribution >= 0.6 is 0 Å². The maximum atomic E-state index is 13.8. The molecular formula is C33H40O11. The third-order valence-electron chi connectivity index (χ3n) is 7.01. The Balaban J connectivity index is 1.81. The Labute approximate surface area is 257 Å². The summed E-state index contributed by atoms with van der Waals surface area (Å²) in [6, 6.07) is 10.3. The molecule has 1 aliphatic heterocycles. The first kappa shape index (κ1) is 32.2. The second kappa shape index (κ2) is 14.7. The largest absolute Gasteiger partial charge is 0.496 e. The molecule has 0 saturated heterocycles. The number of methoxy groups -OCH3 is 5. The Bertz CT molecular complexity index is 1400. The van der Waals surface area contributed by atoms with E-state index < -0.39 is 18.2 Å². The predicted octanol–water partition coefficient (Wildman–Crippen LogP) is 5.83. The lowest BCUT2D eigenvalue weighted by Gasteiger charge is -2.34. The van der Waals surface area contributed by atoms with Crippen molar-refractivity contribution < 1.29 is 52.2 Å². The van der Waals surface area contributed by atoms with Gasteiger partial charge in [0.15, 0.2) is 29.1 Å². The van der Waals surface area contributed by atoms with Crippen molar-refractivity contribution in [2.45, 2.75) is 39.4 Å². The molecule has 0 saturated carbocycles. The van der Waals surface area contributed by atoms with Gasteiger partial charge in [-0.25, -0.2) is 4.79 Å². The molecule has 11 nitrogen and oxygen atoms in total. The standard InChI is InChI=1S/C33H40O11/c1-9-40-27-14-20(15-28(41-10-2)32(27)42-11-3)33(34)44-29-18-22-23(36-5)16-21(35-4)17-24(22)43-30(29)19-12-25(37-6)31(39-8)26(13-19)38-7/h12-17,29-30H,9-11,18H2,1-8H3/t29-,30-/m1/s1. The molecule has 0 fully saturated rings. The molecule has 0 spiro atoms. The summed E-state index contributed by atoms with van der Waals surface area (Å²) in [5.41, 5.74) is 1.60. The van der Waals surface area contributed by atoms with Crippen LogP contribution < -0.4 is 42.6 Å². The third-order valence-corrected chi connectivity index (χ3v) is 7.01. The third kappa shape index (κ3) is 6.61. The maximum absolute atomic E-state index is 13.8. The molecule has 44 heavy (non-hydrogen) atoms. The number of carbonyl (C=O) groups excluding carboxylic acids is 1. The van der Waals surface area contributed by atoms with Crippen molar-refractivity contribution in [2.24, 2.45) is 0 Å². The van der Waals surface area contributed by atoms with E-state index in [0.717, 1.165) is 5.56 Å². The Morgan fingerprint density at radius 2 is 1.27 bits per heavy atom. The van der Waals surface area contributed by atoms with Gasteiger partial charge in [-0.2, -0.15) is 0 Å². The van der Waals surface area contributed by atoms with E-state index in [1.54, 1.807) is 50.6 Å². The van der Waals surface area contributed by atoms with Crippen LogP contribution in [-0.2, 0) is 11.2 Å². The van der Waals surface area contributed by atoms with Crippen LogP contribution in [0.4, 0.5) is 0 Å². The maximum Gasteiger partial charge on any atom is 0.338 e. The number of hydrogen-bond donors (Lipinski definition) is 0.